The van der Waals surface area contributed by atoms with Gasteiger partial charge >= 0.3 is 12.0 Å². The van der Waals surface area contributed by atoms with Crippen LogP contribution < -0.4 is 5.32 Å². The van der Waals surface area contributed by atoms with E-state index in [1.54, 1.807) is 0 Å². The molecular weight excluding hydrogens is 176 g/mol. The number of carboxylic acid groups (broad SMARTS) is 1. The van der Waals surface area contributed by atoms with E-state index >= 15 is 0 Å². The molecule has 1 heterocycles. The molecule has 1 rings (SSSR count). The van der Waals surface area contributed by atoms with Gasteiger partial charge in [-0.25, -0.2) is 9.59 Å². The molecule has 0 aliphatic carbocycles. The molecule has 1 aliphatic rings. The highest BCUT2D eigenvalue weighted by molar-refractivity contribution is 5.83. The summed E-state index contributed by atoms with van der Waals surface area (Å²) >= 11 is 0. The van der Waals surface area contributed by atoms with Crippen LogP contribution in [0.15, 0.2) is 0 Å². The third kappa shape index (κ3) is 2.09. The van der Waals surface area contributed by atoms with E-state index in [0.29, 0.717) is 19.5 Å². The number of aliphatic hydroxyl groups is 1. The molecule has 2 amide bonds. The van der Waals surface area contributed by atoms with Gasteiger partial charge in [-0.05, 0) is 6.42 Å². The van der Waals surface area contributed by atoms with Crippen molar-refractivity contribution in [1.82, 2.24) is 10.2 Å². The fraction of sp³-hybridized carbons (Fsp3) is 0.714. The number of hydrogen-bond donors (Lipinski definition) is 3. The maximum Gasteiger partial charge on any atom is 0.328 e. The number of rotatable bonds is 3. The second kappa shape index (κ2) is 4.08. The van der Waals surface area contributed by atoms with E-state index in [2.05, 4.69) is 5.32 Å². The molecule has 1 aliphatic heterocycles. The summed E-state index contributed by atoms with van der Waals surface area (Å²) in [5.74, 6) is -1.18. The number of amides is 2. The van der Waals surface area contributed by atoms with E-state index in [1.165, 1.54) is 0 Å². The van der Waals surface area contributed by atoms with Crippen molar-refractivity contribution < 1.29 is 19.8 Å². The number of carbonyl (C=O) groups excluding carboxylic acids is 1. The zero-order chi connectivity index (χ0) is 9.84. The Morgan fingerprint density at radius 1 is 1.69 bits per heavy atom. The lowest BCUT2D eigenvalue weighted by Crippen LogP contribution is -2.55. The molecule has 0 saturated carbocycles. The molecule has 6 heteroatoms. The minimum atomic E-state index is -1.18. The summed E-state index contributed by atoms with van der Waals surface area (Å²) < 4.78 is 0. The van der Waals surface area contributed by atoms with Crippen LogP contribution in [0.1, 0.15) is 6.42 Å². The van der Waals surface area contributed by atoms with Gasteiger partial charge in [-0.3, -0.25) is 0 Å². The lowest BCUT2D eigenvalue weighted by Gasteiger charge is -2.31. The Labute approximate surface area is 75.1 Å². The smallest absolute Gasteiger partial charge is 0.328 e. The SMILES string of the molecule is O=C(O)C(CO)N1CCCNC1=O. The van der Waals surface area contributed by atoms with Gasteiger partial charge in [0, 0.05) is 13.1 Å². The third-order valence-electron chi connectivity index (χ3n) is 1.95. The Morgan fingerprint density at radius 2 is 2.38 bits per heavy atom. The van der Waals surface area contributed by atoms with E-state index < -0.39 is 24.6 Å². The molecule has 1 fully saturated rings. The summed E-state index contributed by atoms with van der Waals surface area (Å²) in [5.41, 5.74) is 0. The highest BCUT2D eigenvalue weighted by Gasteiger charge is 2.30. The van der Waals surface area contributed by atoms with Crippen LogP contribution in [0.25, 0.3) is 0 Å². The van der Waals surface area contributed by atoms with Gasteiger partial charge in [-0.15, -0.1) is 0 Å². The van der Waals surface area contributed by atoms with Crippen LogP contribution in [0.5, 0.6) is 0 Å². The number of urea groups is 1. The number of nitrogens with zero attached hydrogens (tertiary/aromatic N) is 1. The zero-order valence-electron chi connectivity index (χ0n) is 7.06. The molecule has 0 bridgehead atoms. The fourth-order valence-electron chi connectivity index (χ4n) is 1.26. The van der Waals surface area contributed by atoms with Crippen molar-refractivity contribution in [2.45, 2.75) is 12.5 Å². The van der Waals surface area contributed by atoms with Crippen molar-refractivity contribution >= 4 is 12.0 Å². The van der Waals surface area contributed by atoms with Gasteiger partial charge < -0.3 is 20.4 Å². The largest absolute Gasteiger partial charge is 0.480 e. The molecule has 1 saturated heterocycles. The first-order valence-electron chi connectivity index (χ1n) is 4.05. The second-order valence-corrected chi connectivity index (χ2v) is 2.82. The molecule has 13 heavy (non-hydrogen) atoms. The third-order valence-corrected chi connectivity index (χ3v) is 1.95. The van der Waals surface area contributed by atoms with Crippen LogP contribution >= 0.6 is 0 Å². The van der Waals surface area contributed by atoms with Gasteiger partial charge in [0.1, 0.15) is 0 Å². The first-order chi connectivity index (χ1) is 6.16. The summed E-state index contributed by atoms with van der Waals surface area (Å²) in [6, 6.07) is -1.55. The molecule has 0 spiro atoms. The summed E-state index contributed by atoms with van der Waals surface area (Å²) in [7, 11) is 0. The predicted octanol–water partition coefficient (Wildman–Crippen LogP) is -1.15. The highest BCUT2D eigenvalue weighted by Crippen LogP contribution is 2.05. The number of aliphatic hydroxyl groups excluding tert-OH is 1. The molecule has 0 radical (unpaired) electrons. The first-order valence-corrected chi connectivity index (χ1v) is 4.05. The first kappa shape index (κ1) is 9.79. The van der Waals surface area contributed by atoms with Gasteiger partial charge in [0.2, 0.25) is 0 Å². The van der Waals surface area contributed by atoms with Crippen LogP contribution in [0.2, 0.25) is 0 Å². The van der Waals surface area contributed by atoms with E-state index in [-0.39, 0.29) is 0 Å². The van der Waals surface area contributed by atoms with Crippen LogP contribution in [-0.2, 0) is 4.79 Å². The van der Waals surface area contributed by atoms with E-state index in [0.717, 1.165) is 4.90 Å². The zero-order valence-corrected chi connectivity index (χ0v) is 7.06. The predicted molar refractivity (Wildman–Crippen MR) is 43.2 cm³/mol. The molecule has 1 atom stereocenters. The van der Waals surface area contributed by atoms with Crippen molar-refractivity contribution in [3.05, 3.63) is 0 Å². The molecular formula is C7H12N2O4. The Kier molecular flexibility index (Phi) is 3.07. The fourth-order valence-corrected chi connectivity index (χ4v) is 1.26. The normalized spacial score (nSPS) is 19.5. The molecule has 74 valence electrons. The van der Waals surface area contributed by atoms with Crippen LogP contribution in [0, 0.1) is 0 Å². The Bertz CT molecular complexity index is 219. The lowest BCUT2D eigenvalue weighted by molar-refractivity contribution is -0.143. The summed E-state index contributed by atoms with van der Waals surface area (Å²) in [4.78, 5) is 22.9. The average Bonchev–Trinajstić information content (AvgIpc) is 2.09. The van der Waals surface area contributed by atoms with Gasteiger partial charge in [0.15, 0.2) is 6.04 Å². The van der Waals surface area contributed by atoms with Crippen molar-refractivity contribution in [2.24, 2.45) is 0 Å². The number of carbonyl (C=O) groups is 2. The molecule has 0 aromatic rings. The average molecular weight is 188 g/mol. The maximum absolute atomic E-state index is 11.1. The second-order valence-electron chi connectivity index (χ2n) is 2.82. The summed E-state index contributed by atoms with van der Waals surface area (Å²) in [6.45, 7) is 0.388. The lowest BCUT2D eigenvalue weighted by atomic mass is 10.2. The van der Waals surface area contributed by atoms with E-state index in [4.69, 9.17) is 10.2 Å². The van der Waals surface area contributed by atoms with Gasteiger partial charge in [-0.2, -0.15) is 0 Å². The topological polar surface area (TPSA) is 89.9 Å². The Morgan fingerprint density at radius 3 is 2.85 bits per heavy atom. The van der Waals surface area contributed by atoms with Crippen molar-refractivity contribution in [3.8, 4) is 0 Å². The minimum Gasteiger partial charge on any atom is -0.480 e. The number of aliphatic carboxylic acids is 1. The standard InChI is InChI=1S/C7H12N2O4/c10-4-5(6(11)12)9-3-1-2-8-7(9)13/h5,10H,1-4H2,(H,8,13)(H,11,12). The number of carboxylic acids is 1. The molecule has 1 unspecified atom stereocenters. The monoisotopic (exact) mass is 188 g/mol. The van der Waals surface area contributed by atoms with E-state index in [9.17, 15) is 9.59 Å². The quantitative estimate of drug-likeness (QED) is 0.521. The van der Waals surface area contributed by atoms with Crippen molar-refractivity contribution in [2.75, 3.05) is 19.7 Å². The minimum absolute atomic E-state index is 0.378. The number of hydrogen-bond acceptors (Lipinski definition) is 3. The Balaban J connectivity index is 2.65. The molecule has 6 nitrogen and oxygen atoms in total. The Hall–Kier alpha value is -1.30. The van der Waals surface area contributed by atoms with Crippen molar-refractivity contribution in [3.63, 3.8) is 0 Å². The summed E-state index contributed by atoms with van der Waals surface area (Å²) in [5, 5.41) is 19.9. The maximum atomic E-state index is 11.1. The molecule has 0 aromatic heterocycles. The number of nitrogens with one attached hydrogen (secondary N) is 1. The van der Waals surface area contributed by atoms with Crippen LogP contribution in [0.3, 0.4) is 0 Å². The van der Waals surface area contributed by atoms with Gasteiger partial charge in [0.05, 0.1) is 6.61 Å². The molecule has 3 N–H and O–H groups in total. The summed E-state index contributed by atoms with van der Waals surface area (Å²) in [6.07, 6.45) is 0.704. The van der Waals surface area contributed by atoms with E-state index in [1.807, 2.05) is 0 Å². The van der Waals surface area contributed by atoms with Gasteiger partial charge in [-0.1, -0.05) is 0 Å². The van der Waals surface area contributed by atoms with Crippen LogP contribution in [0.4, 0.5) is 4.79 Å². The molecule has 0 aromatic carbocycles. The van der Waals surface area contributed by atoms with Crippen molar-refractivity contribution in [1.29, 1.82) is 0 Å². The van der Waals surface area contributed by atoms with Gasteiger partial charge in [0.25, 0.3) is 0 Å². The van der Waals surface area contributed by atoms with Crippen LogP contribution in [-0.4, -0.2) is 52.9 Å². The highest BCUT2D eigenvalue weighted by atomic mass is 16.4.